The van der Waals surface area contributed by atoms with Crippen LogP contribution in [0.4, 0.5) is 5.69 Å². The molecular weight excluding hydrogens is 320 g/mol. The van der Waals surface area contributed by atoms with Crippen molar-refractivity contribution >= 4 is 29.0 Å². The number of hydrogen-bond donors (Lipinski definition) is 1. The topological polar surface area (TPSA) is 59.3 Å². The number of hydrogen-bond acceptors (Lipinski definition) is 4. The standard InChI is InChI=1S/C18H20N4OS/c1-12(2)14-7-9-15(10-8-14)19-17(23)13(3)24-18-21-20-16-6-4-5-11-22(16)18/h4-13H,1-3H3,(H,19,23)/t13-/m0/s1. The third-order valence-corrected chi connectivity index (χ3v) is 4.84. The Morgan fingerprint density at radius 3 is 2.54 bits per heavy atom. The van der Waals surface area contributed by atoms with E-state index in [4.69, 9.17) is 0 Å². The maximum absolute atomic E-state index is 12.4. The first kappa shape index (κ1) is 16.5. The number of fused-ring (bicyclic) bond motifs is 1. The lowest BCUT2D eigenvalue weighted by Crippen LogP contribution is -2.22. The maximum Gasteiger partial charge on any atom is 0.237 e. The lowest BCUT2D eigenvalue weighted by atomic mass is 10.0. The van der Waals surface area contributed by atoms with Crippen LogP contribution in [-0.4, -0.2) is 25.8 Å². The van der Waals surface area contributed by atoms with Crippen LogP contribution in [0.15, 0.2) is 53.8 Å². The molecule has 5 nitrogen and oxygen atoms in total. The van der Waals surface area contributed by atoms with E-state index in [-0.39, 0.29) is 11.2 Å². The van der Waals surface area contributed by atoms with Crippen molar-refractivity contribution in [1.29, 1.82) is 0 Å². The smallest absolute Gasteiger partial charge is 0.237 e. The van der Waals surface area contributed by atoms with Crippen LogP contribution in [0, 0.1) is 0 Å². The van der Waals surface area contributed by atoms with Crippen molar-refractivity contribution in [2.75, 3.05) is 5.32 Å². The first-order chi connectivity index (χ1) is 11.5. The highest BCUT2D eigenvalue weighted by Crippen LogP contribution is 2.23. The molecular formula is C18H20N4OS. The summed E-state index contributed by atoms with van der Waals surface area (Å²) in [4.78, 5) is 12.4. The van der Waals surface area contributed by atoms with Gasteiger partial charge in [0.05, 0.1) is 5.25 Å². The summed E-state index contributed by atoms with van der Waals surface area (Å²) in [5.41, 5.74) is 2.84. The van der Waals surface area contributed by atoms with E-state index >= 15 is 0 Å². The maximum atomic E-state index is 12.4. The highest BCUT2D eigenvalue weighted by molar-refractivity contribution is 8.00. The molecule has 1 N–H and O–H groups in total. The lowest BCUT2D eigenvalue weighted by molar-refractivity contribution is -0.115. The van der Waals surface area contributed by atoms with Crippen molar-refractivity contribution in [3.05, 3.63) is 54.2 Å². The average Bonchev–Trinajstić information content (AvgIpc) is 2.98. The Labute approximate surface area is 145 Å². The first-order valence-electron chi connectivity index (χ1n) is 7.92. The van der Waals surface area contributed by atoms with Crippen molar-refractivity contribution in [1.82, 2.24) is 14.6 Å². The Bertz CT molecular complexity index is 842. The number of anilines is 1. The molecule has 3 rings (SSSR count). The molecule has 0 aliphatic carbocycles. The number of benzene rings is 1. The number of carbonyl (C=O) groups is 1. The Morgan fingerprint density at radius 2 is 1.83 bits per heavy atom. The second-order valence-electron chi connectivity index (χ2n) is 5.94. The normalized spacial score (nSPS) is 12.5. The zero-order chi connectivity index (χ0) is 17.1. The van der Waals surface area contributed by atoms with E-state index in [1.54, 1.807) is 0 Å². The molecule has 0 radical (unpaired) electrons. The van der Waals surface area contributed by atoms with E-state index < -0.39 is 0 Å². The van der Waals surface area contributed by atoms with Crippen LogP contribution in [0.5, 0.6) is 0 Å². The lowest BCUT2D eigenvalue weighted by Gasteiger charge is -2.12. The number of nitrogens with zero attached hydrogens (tertiary/aromatic N) is 3. The van der Waals surface area contributed by atoms with Crippen LogP contribution in [0.1, 0.15) is 32.3 Å². The van der Waals surface area contributed by atoms with E-state index in [1.807, 2.05) is 60.0 Å². The van der Waals surface area contributed by atoms with Crippen molar-refractivity contribution in [2.24, 2.45) is 0 Å². The van der Waals surface area contributed by atoms with Gasteiger partial charge in [-0.1, -0.05) is 43.8 Å². The fraction of sp³-hybridized carbons (Fsp3) is 0.278. The molecule has 1 atom stereocenters. The minimum Gasteiger partial charge on any atom is -0.325 e. The molecule has 0 aliphatic rings. The highest BCUT2D eigenvalue weighted by Gasteiger charge is 2.18. The van der Waals surface area contributed by atoms with E-state index in [2.05, 4.69) is 29.4 Å². The van der Waals surface area contributed by atoms with Gasteiger partial charge in [0, 0.05) is 11.9 Å². The molecule has 2 aromatic heterocycles. The van der Waals surface area contributed by atoms with Crippen LogP contribution in [0.3, 0.4) is 0 Å². The largest absolute Gasteiger partial charge is 0.325 e. The van der Waals surface area contributed by atoms with Crippen molar-refractivity contribution < 1.29 is 4.79 Å². The molecule has 24 heavy (non-hydrogen) atoms. The average molecular weight is 340 g/mol. The second kappa shape index (κ2) is 7.05. The molecule has 3 aromatic rings. The van der Waals surface area contributed by atoms with Gasteiger partial charge in [0.15, 0.2) is 10.8 Å². The van der Waals surface area contributed by atoms with Crippen LogP contribution in [0.2, 0.25) is 0 Å². The van der Waals surface area contributed by atoms with Gasteiger partial charge in [-0.2, -0.15) is 0 Å². The minimum absolute atomic E-state index is 0.0509. The number of thioether (sulfide) groups is 1. The van der Waals surface area contributed by atoms with Crippen LogP contribution in [-0.2, 0) is 4.79 Å². The van der Waals surface area contributed by atoms with Gasteiger partial charge in [0.1, 0.15) is 0 Å². The molecule has 124 valence electrons. The monoisotopic (exact) mass is 340 g/mol. The van der Waals surface area contributed by atoms with Crippen LogP contribution < -0.4 is 5.32 Å². The van der Waals surface area contributed by atoms with Gasteiger partial charge >= 0.3 is 0 Å². The molecule has 0 spiro atoms. The van der Waals surface area contributed by atoms with Crippen molar-refractivity contribution in [3.8, 4) is 0 Å². The third kappa shape index (κ3) is 3.59. The van der Waals surface area contributed by atoms with Crippen LogP contribution >= 0.6 is 11.8 Å². The minimum atomic E-state index is -0.276. The van der Waals surface area contributed by atoms with Gasteiger partial charge in [0.25, 0.3) is 0 Å². The summed E-state index contributed by atoms with van der Waals surface area (Å²) in [7, 11) is 0. The molecule has 1 aromatic carbocycles. The fourth-order valence-corrected chi connectivity index (χ4v) is 3.14. The predicted octanol–water partition coefficient (Wildman–Crippen LogP) is 3.97. The van der Waals surface area contributed by atoms with Gasteiger partial charge in [-0.25, -0.2) is 0 Å². The summed E-state index contributed by atoms with van der Waals surface area (Å²) in [5, 5.41) is 11.6. The molecule has 6 heteroatoms. The van der Waals surface area contributed by atoms with Gasteiger partial charge < -0.3 is 5.32 Å². The van der Waals surface area contributed by atoms with Gasteiger partial charge in [-0.3, -0.25) is 9.20 Å². The van der Waals surface area contributed by atoms with Gasteiger partial charge in [0.2, 0.25) is 5.91 Å². The molecule has 2 heterocycles. The third-order valence-electron chi connectivity index (χ3n) is 3.78. The van der Waals surface area contributed by atoms with Crippen LogP contribution in [0.25, 0.3) is 5.65 Å². The number of nitrogens with one attached hydrogen (secondary N) is 1. The Morgan fingerprint density at radius 1 is 1.08 bits per heavy atom. The Kier molecular flexibility index (Phi) is 4.85. The summed E-state index contributed by atoms with van der Waals surface area (Å²) in [5.74, 6) is 0.426. The molecule has 0 fully saturated rings. The van der Waals surface area contributed by atoms with E-state index in [0.29, 0.717) is 11.1 Å². The molecule has 0 bridgehead atoms. The first-order valence-corrected chi connectivity index (χ1v) is 8.80. The summed E-state index contributed by atoms with van der Waals surface area (Å²) in [6, 6.07) is 13.7. The van der Waals surface area contributed by atoms with Crippen molar-refractivity contribution in [3.63, 3.8) is 0 Å². The summed E-state index contributed by atoms with van der Waals surface area (Å²) < 4.78 is 1.88. The van der Waals surface area contributed by atoms with Gasteiger partial charge in [-0.05, 0) is 42.7 Å². The highest BCUT2D eigenvalue weighted by atomic mass is 32.2. The summed E-state index contributed by atoms with van der Waals surface area (Å²) in [6.07, 6.45) is 1.90. The SMILES string of the molecule is CC(C)c1ccc(NC(=O)[C@H](C)Sc2nnc3ccccn23)cc1. The second-order valence-corrected chi connectivity index (χ2v) is 7.25. The molecule has 0 unspecified atom stereocenters. The fourth-order valence-electron chi connectivity index (χ4n) is 2.31. The predicted molar refractivity (Wildman–Crippen MR) is 97.5 cm³/mol. The molecule has 0 aliphatic heterocycles. The van der Waals surface area contributed by atoms with E-state index in [0.717, 1.165) is 11.3 Å². The number of carbonyl (C=O) groups excluding carboxylic acids is 1. The number of amides is 1. The Hall–Kier alpha value is -2.34. The molecule has 1 amide bonds. The van der Waals surface area contributed by atoms with E-state index in [1.165, 1.54) is 17.3 Å². The van der Waals surface area contributed by atoms with Crippen molar-refractivity contribution in [2.45, 2.75) is 37.1 Å². The number of aromatic nitrogens is 3. The molecule has 0 saturated carbocycles. The molecule has 0 saturated heterocycles. The van der Waals surface area contributed by atoms with E-state index in [9.17, 15) is 4.79 Å². The van der Waals surface area contributed by atoms with Gasteiger partial charge in [-0.15, -0.1) is 10.2 Å². The summed E-state index contributed by atoms with van der Waals surface area (Å²) in [6.45, 7) is 6.16. The summed E-state index contributed by atoms with van der Waals surface area (Å²) >= 11 is 1.39. The zero-order valence-corrected chi connectivity index (χ0v) is 14.7. The zero-order valence-electron chi connectivity index (χ0n) is 13.9. The quantitative estimate of drug-likeness (QED) is 0.714. The number of rotatable bonds is 5. The Balaban J connectivity index is 1.66. The number of pyridine rings is 1.